The Labute approximate surface area is 172 Å². The molecule has 29 heavy (non-hydrogen) atoms. The van der Waals surface area contributed by atoms with Crippen molar-refractivity contribution >= 4 is 34.7 Å². The number of hydrogen-bond donors (Lipinski definition) is 0. The van der Waals surface area contributed by atoms with Gasteiger partial charge in [0.1, 0.15) is 11.3 Å². The van der Waals surface area contributed by atoms with Gasteiger partial charge in [-0.05, 0) is 44.0 Å². The lowest BCUT2D eigenvalue weighted by atomic mass is 9.98. The van der Waals surface area contributed by atoms with Crippen molar-refractivity contribution in [3.05, 3.63) is 47.9 Å². The Morgan fingerprint density at radius 3 is 2.93 bits per heavy atom. The molecule has 3 aromatic rings. The highest BCUT2D eigenvalue weighted by atomic mass is 32.2. The van der Waals surface area contributed by atoms with Gasteiger partial charge in [0, 0.05) is 13.1 Å². The Kier molecular flexibility index (Phi) is 5.89. The zero-order valence-electron chi connectivity index (χ0n) is 16.1. The summed E-state index contributed by atoms with van der Waals surface area (Å²) in [5.41, 5.74) is 1.55. The molecular weight excluding hydrogens is 392 g/mol. The lowest BCUT2D eigenvalue weighted by molar-refractivity contribution is -0.149. The fourth-order valence-corrected chi connectivity index (χ4v) is 4.12. The van der Waals surface area contributed by atoms with Gasteiger partial charge in [-0.25, -0.2) is 4.98 Å². The molecule has 1 amide bonds. The van der Waals surface area contributed by atoms with E-state index in [-0.39, 0.29) is 23.6 Å². The van der Waals surface area contributed by atoms with Crippen LogP contribution in [0.25, 0.3) is 11.1 Å². The number of aromatic nitrogens is 1. The molecule has 7 nitrogen and oxygen atoms in total. The summed E-state index contributed by atoms with van der Waals surface area (Å²) in [6.07, 6.45) is 1.52. The number of hydrogen-bond acceptors (Lipinski definition) is 7. The molecular formula is C21H22N2O5S. The average molecular weight is 414 g/mol. The zero-order valence-corrected chi connectivity index (χ0v) is 16.9. The third-order valence-corrected chi connectivity index (χ3v) is 5.66. The highest BCUT2D eigenvalue weighted by molar-refractivity contribution is 7.98. The molecule has 1 aromatic carbocycles. The molecule has 0 N–H and O–H groups in total. The minimum atomic E-state index is -0.267. The SMILES string of the molecule is CCOC(=O)[C@H]1CCCN(C(=O)c2ccc(CSc3nc4ccccc4o3)o2)C1. The largest absolute Gasteiger partial charge is 0.466 e. The fraction of sp³-hybridized carbons (Fsp3) is 0.381. The molecule has 0 saturated carbocycles. The monoisotopic (exact) mass is 414 g/mol. The number of nitrogens with zero attached hydrogens (tertiary/aromatic N) is 2. The molecule has 0 unspecified atom stereocenters. The molecule has 2 aromatic heterocycles. The van der Waals surface area contributed by atoms with Crippen LogP contribution < -0.4 is 0 Å². The summed E-state index contributed by atoms with van der Waals surface area (Å²) in [6.45, 7) is 3.11. The van der Waals surface area contributed by atoms with Gasteiger partial charge in [-0.3, -0.25) is 9.59 Å². The van der Waals surface area contributed by atoms with E-state index in [1.807, 2.05) is 24.3 Å². The van der Waals surface area contributed by atoms with Crippen LogP contribution >= 0.6 is 11.8 Å². The summed E-state index contributed by atoms with van der Waals surface area (Å²) in [4.78, 5) is 30.9. The van der Waals surface area contributed by atoms with E-state index >= 15 is 0 Å². The Balaban J connectivity index is 1.36. The maximum Gasteiger partial charge on any atom is 0.310 e. The molecule has 152 valence electrons. The first-order chi connectivity index (χ1) is 14.1. The number of esters is 1. The number of furan rings is 1. The summed E-state index contributed by atoms with van der Waals surface area (Å²) >= 11 is 1.41. The maximum absolute atomic E-state index is 12.8. The molecule has 1 aliphatic heterocycles. The molecule has 8 heteroatoms. The highest BCUT2D eigenvalue weighted by Crippen LogP contribution is 2.27. The Bertz CT molecular complexity index is 978. The average Bonchev–Trinajstić information content (AvgIpc) is 3.38. The minimum Gasteiger partial charge on any atom is -0.466 e. The molecule has 1 aliphatic rings. The van der Waals surface area contributed by atoms with Crippen LogP contribution in [-0.2, 0) is 15.3 Å². The van der Waals surface area contributed by atoms with Crippen LogP contribution in [0, 0.1) is 5.92 Å². The highest BCUT2D eigenvalue weighted by Gasteiger charge is 2.30. The van der Waals surface area contributed by atoms with Crippen molar-refractivity contribution in [1.82, 2.24) is 9.88 Å². The number of benzene rings is 1. The quantitative estimate of drug-likeness (QED) is 0.443. The van der Waals surface area contributed by atoms with Crippen LogP contribution in [0.1, 0.15) is 36.1 Å². The fourth-order valence-electron chi connectivity index (χ4n) is 3.39. The number of piperidine rings is 1. The number of ether oxygens (including phenoxy) is 1. The van der Waals surface area contributed by atoms with Crippen LogP contribution in [0.5, 0.6) is 0 Å². The lowest BCUT2D eigenvalue weighted by Crippen LogP contribution is -2.42. The van der Waals surface area contributed by atoms with E-state index in [1.54, 1.807) is 24.0 Å². The minimum absolute atomic E-state index is 0.197. The van der Waals surface area contributed by atoms with Crippen LogP contribution in [0.3, 0.4) is 0 Å². The third kappa shape index (κ3) is 4.48. The number of fused-ring (bicyclic) bond motifs is 1. The van der Waals surface area contributed by atoms with Gasteiger partial charge in [0.25, 0.3) is 11.1 Å². The predicted octanol–water partition coefficient (Wildman–Crippen LogP) is 4.13. The first-order valence-corrected chi connectivity index (χ1v) is 10.7. The van der Waals surface area contributed by atoms with E-state index < -0.39 is 0 Å². The summed E-state index contributed by atoms with van der Waals surface area (Å²) in [5, 5.41) is 0.559. The van der Waals surface area contributed by atoms with E-state index in [0.717, 1.165) is 23.9 Å². The zero-order chi connectivity index (χ0) is 20.2. The molecule has 4 rings (SSSR count). The van der Waals surface area contributed by atoms with Crippen molar-refractivity contribution in [2.75, 3.05) is 19.7 Å². The van der Waals surface area contributed by atoms with Gasteiger partial charge in [0.05, 0.1) is 18.3 Å². The van der Waals surface area contributed by atoms with Crippen molar-refractivity contribution in [3.63, 3.8) is 0 Å². The van der Waals surface area contributed by atoms with Crippen LogP contribution in [0.15, 0.2) is 50.5 Å². The van der Waals surface area contributed by atoms with E-state index in [9.17, 15) is 9.59 Å². The summed E-state index contributed by atoms with van der Waals surface area (Å²) in [7, 11) is 0. The van der Waals surface area contributed by atoms with Gasteiger partial charge in [-0.1, -0.05) is 23.9 Å². The predicted molar refractivity (Wildman–Crippen MR) is 108 cm³/mol. The van der Waals surface area contributed by atoms with Crippen molar-refractivity contribution in [2.24, 2.45) is 5.92 Å². The van der Waals surface area contributed by atoms with Crippen molar-refractivity contribution in [1.29, 1.82) is 0 Å². The van der Waals surface area contributed by atoms with E-state index in [0.29, 0.717) is 36.4 Å². The lowest BCUT2D eigenvalue weighted by Gasteiger charge is -2.30. The van der Waals surface area contributed by atoms with Crippen molar-refractivity contribution < 1.29 is 23.2 Å². The molecule has 0 spiro atoms. The summed E-state index contributed by atoms with van der Waals surface area (Å²) in [5.74, 6) is 0.752. The number of amides is 1. The number of thioether (sulfide) groups is 1. The molecule has 0 aliphatic carbocycles. The number of rotatable bonds is 6. The van der Waals surface area contributed by atoms with Crippen molar-refractivity contribution in [2.45, 2.75) is 30.7 Å². The van der Waals surface area contributed by atoms with Crippen LogP contribution in [0.2, 0.25) is 0 Å². The molecule has 3 heterocycles. The molecule has 1 saturated heterocycles. The van der Waals surface area contributed by atoms with Gasteiger partial charge in [0.2, 0.25) is 0 Å². The van der Waals surface area contributed by atoms with Gasteiger partial charge in [-0.2, -0.15) is 0 Å². The molecule has 0 bridgehead atoms. The van der Waals surface area contributed by atoms with Crippen LogP contribution in [-0.4, -0.2) is 41.5 Å². The topological polar surface area (TPSA) is 85.8 Å². The van der Waals surface area contributed by atoms with E-state index in [1.165, 1.54) is 11.8 Å². The Morgan fingerprint density at radius 2 is 2.10 bits per heavy atom. The number of carbonyl (C=O) groups is 2. The second-order valence-corrected chi connectivity index (χ2v) is 7.77. The first-order valence-electron chi connectivity index (χ1n) is 9.67. The summed E-state index contributed by atoms with van der Waals surface area (Å²) in [6, 6.07) is 11.1. The first kappa shape index (κ1) is 19.6. The molecule has 1 atom stereocenters. The van der Waals surface area contributed by atoms with Gasteiger partial charge in [-0.15, -0.1) is 0 Å². The van der Waals surface area contributed by atoms with Crippen molar-refractivity contribution in [3.8, 4) is 0 Å². The van der Waals surface area contributed by atoms with Gasteiger partial charge < -0.3 is 18.5 Å². The maximum atomic E-state index is 12.8. The van der Waals surface area contributed by atoms with E-state index in [4.69, 9.17) is 13.6 Å². The number of carbonyl (C=O) groups excluding carboxylic acids is 2. The van der Waals surface area contributed by atoms with Gasteiger partial charge >= 0.3 is 5.97 Å². The third-order valence-electron chi connectivity index (χ3n) is 4.81. The number of oxazole rings is 1. The number of para-hydroxylation sites is 2. The van der Waals surface area contributed by atoms with Gasteiger partial charge in [0.15, 0.2) is 11.3 Å². The normalized spacial score (nSPS) is 16.9. The summed E-state index contributed by atoms with van der Waals surface area (Å²) < 4.78 is 16.5. The molecule has 0 radical (unpaired) electrons. The standard InChI is InChI=1S/C21H22N2O5S/c1-2-26-20(25)14-6-5-11-23(12-14)19(24)18-10-9-15(27-18)13-29-21-22-16-7-3-4-8-17(16)28-21/h3-4,7-10,14H,2,5-6,11-13H2,1H3/t14-/m0/s1. The Morgan fingerprint density at radius 1 is 1.24 bits per heavy atom. The second-order valence-electron chi connectivity index (χ2n) is 6.84. The van der Waals surface area contributed by atoms with E-state index in [2.05, 4.69) is 4.98 Å². The Hall–Kier alpha value is -2.74. The number of likely N-dealkylation sites (tertiary alicyclic amines) is 1. The smallest absolute Gasteiger partial charge is 0.310 e. The van der Waals surface area contributed by atoms with Crippen LogP contribution in [0.4, 0.5) is 0 Å². The second kappa shape index (κ2) is 8.73. The molecule has 1 fully saturated rings.